The molecule has 36 heavy (non-hydrogen) atoms. The number of hydrogen-bond acceptors (Lipinski definition) is 6. The lowest BCUT2D eigenvalue weighted by Gasteiger charge is -2.36. The van der Waals surface area contributed by atoms with Gasteiger partial charge in [-0.05, 0) is 42.3 Å². The molecule has 0 unspecified atom stereocenters. The van der Waals surface area contributed by atoms with Crippen molar-refractivity contribution in [2.75, 3.05) is 45.3 Å². The van der Waals surface area contributed by atoms with Crippen LogP contribution in [0.4, 0.5) is 5.69 Å². The van der Waals surface area contributed by atoms with Crippen molar-refractivity contribution in [1.82, 2.24) is 4.90 Å². The lowest BCUT2D eigenvalue weighted by molar-refractivity contribution is 0.0694. The number of carboxylic acid groups (broad SMARTS) is 2. The Morgan fingerprint density at radius 3 is 2.25 bits per heavy atom. The predicted molar refractivity (Wildman–Crippen MR) is 138 cm³/mol. The van der Waals surface area contributed by atoms with Crippen molar-refractivity contribution in [3.63, 3.8) is 0 Å². The van der Waals surface area contributed by atoms with E-state index in [9.17, 15) is 19.8 Å². The van der Waals surface area contributed by atoms with Gasteiger partial charge in [0.05, 0.1) is 25.3 Å². The van der Waals surface area contributed by atoms with Gasteiger partial charge in [0.2, 0.25) is 0 Å². The molecule has 0 spiro atoms. The van der Waals surface area contributed by atoms with Crippen molar-refractivity contribution in [1.29, 1.82) is 0 Å². The summed E-state index contributed by atoms with van der Waals surface area (Å²) in [6.07, 6.45) is 0. The van der Waals surface area contributed by atoms with Gasteiger partial charge in [-0.25, -0.2) is 9.59 Å². The second-order valence-corrected chi connectivity index (χ2v) is 8.74. The summed E-state index contributed by atoms with van der Waals surface area (Å²) >= 11 is 0. The minimum absolute atomic E-state index is 0.00660. The van der Waals surface area contributed by atoms with Crippen molar-refractivity contribution in [2.45, 2.75) is 13.5 Å². The molecule has 1 aliphatic heterocycles. The molecule has 0 saturated carbocycles. The summed E-state index contributed by atoms with van der Waals surface area (Å²) in [5.41, 5.74) is 2.90. The Morgan fingerprint density at radius 1 is 0.889 bits per heavy atom. The zero-order chi connectivity index (χ0) is 25.8. The van der Waals surface area contributed by atoms with Gasteiger partial charge in [-0.1, -0.05) is 24.3 Å². The first-order valence-electron chi connectivity index (χ1n) is 11.7. The Balaban J connectivity index is 1.68. The first kappa shape index (κ1) is 25.1. The molecule has 8 nitrogen and oxygen atoms in total. The van der Waals surface area contributed by atoms with Crippen LogP contribution in [-0.2, 0) is 6.54 Å². The van der Waals surface area contributed by atoms with Gasteiger partial charge < -0.3 is 24.6 Å². The maximum absolute atomic E-state index is 12.6. The maximum atomic E-state index is 12.6. The normalized spacial score (nSPS) is 13.9. The number of carboxylic acids is 2. The summed E-state index contributed by atoms with van der Waals surface area (Å²) < 4.78 is 10.8. The first-order chi connectivity index (χ1) is 17.3. The summed E-state index contributed by atoms with van der Waals surface area (Å²) in [6, 6.07) is 16.4. The molecule has 4 rings (SSSR count). The second-order valence-electron chi connectivity index (χ2n) is 8.74. The van der Waals surface area contributed by atoms with Crippen molar-refractivity contribution in [3.05, 3.63) is 76.9 Å². The molecule has 0 radical (unpaired) electrons. The summed E-state index contributed by atoms with van der Waals surface area (Å²) in [5, 5.41) is 20.2. The number of para-hydroxylation sites is 1. The van der Waals surface area contributed by atoms with E-state index in [1.807, 2.05) is 18.2 Å². The van der Waals surface area contributed by atoms with Crippen molar-refractivity contribution >= 4 is 17.6 Å². The largest absolute Gasteiger partial charge is 0.497 e. The van der Waals surface area contributed by atoms with Crippen LogP contribution >= 0.6 is 0 Å². The summed E-state index contributed by atoms with van der Waals surface area (Å²) in [5.74, 6) is -1.12. The van der Waals surface area contributed by atoms with Crippen molar-refractivity contribution in [3.8, 4) is 22.6 Å². The monoisotopic (exact) mass is 490 g/mol. The Bertz CT molecular complexity index is 1280. The predicted octanol–water partition coefficient (Wildman–Crippen LogP) is 4.40. The number of nitrogens with zero attached hydrogens (tertiary/aromatic N) is 2. The number of methoxy groups -OCH3 is 2. The van der Waals surface area contributed by atoms with E-state index in [0.717, 1.165) is 37.6 Å². The SMILES string of the molecule is COc1cccc(N2CCN(Cc3c(C)cc(C(=O)O)c(-c4ccccc4OC)c3C(=O)O)CC2)c1. The van der Waals surface area contributed by atoms with E-state index in [0.29, 0.717) is 29.0 Å². The molecule has 0 aromatic heterocycles. The quantitative estimate of drug-likeness (QED) is 0.479. The molecule has 1 saturated heterocycles. The molecular weight excluding hydrogens is 460 g/mol. The lowest BCUT2D eigenvalue weighted by atomic mass is 9.87. The third-order valence-corrected chi connectivity index (χ3v) is 6.65. The molecule has 1 fully saturated rings. The van der Waals surface area contributed by atoms with E-state index >= 15 is 0 Å². The van der Waals surface area contributed by atoms with Crippen LogP contribution in [0.2, 0.25) is 0 Å². The van der Waals surface area contributed by atoms with Crippen LogP contribution in [0.25, 0.3) is 11.1 Å². The maximum Gasteiger partial charge on any atom is 0.336 e. The molecule has 188 valence electrons. The molecule has 0 aliphatic carbocycles. The number of ether oxygens (including phenoxy) is 2. The van der Waals surface area contributed by atoms with E-state index in [1.165, 1.54) is 7.11 Å². The van der Waals surface area contributed by atoms with Gasteiger partial charge in [0, 0.05) is 55.6 Å². The van der Waals surface area contributed by atoms with E-state index in [1.54, 1.807) is 44.4 Å². The topological polar surface area (TPSA) is 99.5 Å². The lowest BCUT2D eigenvalue weighted by Crippen LogP contribution is -2.46. The molecule has 0 bridgehead atoms. The Morgan fingerprint density at radius 2 is 1.61 bits per heavy atom. The average molecular weight is 491 g/mol. The molecule has 1 heterocycles. The highest BCUT2D eigenvalue weighted by Crippen LogP contribution is 2.38. The Labute approximate surface area is 210 Å². The van der Waals surface area contributed by atoms with Crippen LogP contribution in [0, 0.1) is 6.92 Å². The highest BCUT2D eigenvalue weighted by atomic mass is 16.5. The zero-order valence-corrected chi connectivity index (χ0v) is 20.7. The van der Waals surface area contributed by atoms with Crippen LogP contribution in [0.1, 0.15) is 31.8 Å². The van der Waals surface area contributed by atoms with Crippen LogP contribution in [-0.4, -0.2) is 67.5 Å². The molecule has 2 N–H and O–H groups in total. The summed E-state index contributed by atoms with van der Waals surface area (Å²) in [7, 11) is 3.13. The molecule has 3 aromatic rings. The molecule has 0 atom stereocenters. The van der Waals surface area contributed by atoms with Gasteiger partial charge in [-0.3, -0.25) is 4.90 Å². The van der Waals surface area contributed by atoms with Crippen LogP contribution < -0.4 is 14.4 Å². The Kier molecular flexibility index (Phi) is 7.45. The Hall–Kier alpha value is -4.04. The van der Waals surface area contributed by atoms with E-state index in [2.05, 4.69) is 15.9 Å². The minimum Gasteiger partial charge on any atom is -0.497 e. The number of anilines is 1. The molecule has 3 aromatic carbocycles. The molecule has 0 amide bonds. The fraction of sp³-hybridized carbons (Fsp3) is 0.286. The smallest absolute Gasteiger partial charge is 0.336 e. The fourth-order valence-corrected chi connectivity index (χ4v) is 4.79. The summed E-state index contributed by atoms with van der Waals surface area (Å²) in [4.78, 5) is 29.3. The first-order valence-corrected chi connectivity index (χ1v) is 11.7. The van der Waals surface area contributed by atoms with E-state index in [-0.39, 0.29) is 16.7 Å². The van der Waals surface area contributed by atoms with Crippen molar-refractivity contribution in [2.24, 2.45) is 0 Å². The highest BCUT2D eigenvalue weighted by molar-refractivity contribution is 6.07. The standard InChI is InChI=1S/C28H30N2O6/c1-18-15-22(27(31)32)25(21-9-4-5-10-24(21)36-3)26(28(33)34)23(18)17-29-11-13-30(14-12-29)19-7-6-8-20(16-19)35-2/h4-10,15-16H,11-14,17H2,1-3H3,(H,31,32)(H,33,34). The van der Waals surface area contributed by atoms with Crippen LogP contribution in [0.5, 0.6) is 11.5 Å². The van der Waals surface area contributed by atoms with Gasteiger partial charge in [0.25, 0.3) is 0 Å². The van der Waals surface area contributed by atoms with E-state index < -0.39 is 11.9 Å². The van der Waals surface area contributed by atoms with Crippen molar-refractivity contribution < 1.29 is 29.3 Å². The molecule has 1 aliphatic rings. The molecular formula is C28H30N2O6. The minimum atomic E-state index is -1.18. The number of aryl methyl sites for hydroxylation is 1. The van der Waals surface area contributed by atoms with Gasteiger partial charge in [-0.15, -0.1) is 0 Å². The fourth-order valence-electron chi connectivity index (χ4n) is 4.79. The van der Waals surface area contributed by atoms with Gasteiger partial charge in [0.15, 0.2) is 0 Å². The number of piperazine rings is 1. The zero-order valence-electron chi connectivity index (χ0n) is 20.7. The van der Waals surface area contributed by atoms with Gasteiger partial charge in [-0.2, -0.15) is 0 Å². The number of rotatable bonds is 8. The average Bonchev–Trinajstić information content (AvgIpc) is 2.89. The number of benzene rings is 3. The van der Waals surface area contributed by atoms with Crippen LogP contribution in [0.15, 0.2) is 54.6 Å². The third kappa shape index (κ3) is 4.99. The van der Waals surface area contributed by atoms with Crippen LogP contribution in [0.3, 0.4) is 0 Å². The molecule has 8 heteroatoms. The third-order valence-electron chi connectivity index (χ3n) is 6.65. The van der Waals surface area contributed by atoms with E-state index in [4.69, 9.17) is 9.47 Å². The number of hydrogen-bond donors (Lipinski definition) is 2. The second kappa shape index (κ2) is 10.7. The number of carbonyl (C=O) groups is 2. The summed E-state index contributed by atoms with van der Waals surface area (Å²) in [6.45, 7) is 5.21. The van der Waals surface area contributed by atoms with Gasteiger partial charge >= 0.3 is 11.9 Å². The highest BCUT2D eigenvalue weighted by Gasteiger charge is 2.29. The van der Waals surface area contributed by atoms with Gasteiger partial charge in [0.1, 0.15) is 11.5 Å². The number of aromatic carboxylic acids is 2.